The molecule has 21 heavy (non-hydrogen) atoms. The van der Waals surface area contributed by atoms with Crippen LogP contribution in [0.2, 0.25) is 0 Å². The van der Waals surface area contributed by atoms with Crippen LogP contribution in [0.4, 0.5) is 5.69 Å². The van der Waals surface area contributed by atoms with Crippen molar-refractivity contribution in [2.24, 2.45) is 11.1 Å². The largest absolute Gasteiger partial charge is 0.329 e. The van der Waals surface area contributed by atoms with Gasteiger partial charge in [-0.3, -0.25) is 9.59 Å². The van der Waals surface area contributed by atoms with Crippen molar-refractivity contribution in [3.05, 3.63) is 28.7 Å². The number of amides is 1. The zero-order chi connectivity index (χ0) is 15.3. The average molecular weight is 291 g/mol. The van der Waals surface area contributed by atoms with Crippen LogP contribution in [0.25, 0.3) is 0 Å². The van der Waals surface area contributed by atoms with Crippen molar-refractivity contribution in [3.63, 3.8) is 0 Å². The van der Waals surface area contributed by atoms with E-state index in [1.807, 2.05) is 6.92 Å². The highest BCUT2D eigenvalue weighted by atomic mass is 16.2. The van der Waals surface area contributed by atoms with Gasteiger partial charge in [-0.05, 0) is 25.3 Å². The van der Waals surface area contributed by atoms with E-state index >= 15 is 0 Å². The minimum absolute atomic E-state index is 0.00797. The summed E-state index contributed by atoms with van der Waals surface area (Å²) in [5.74, 6) is -0.00797. The molecule has 0 bridgehead atoms. The highest BCUT2D eigenvalue weighted by molar-refractivity contribution is 5.95. The van der Waals surface area contributed by atoms with Gasteiger partial charge < -0.3 is 15.6 Å². The summed E-state index contributed by atoms with van der Waals surface area (Å²) >= 11 is 0. The van der Waals surface area contributed by atoms with Crippen molar-refractivity contribution < 1.29 is 4.79 Å². The van der Waals surface area contributed by atoms with Gasteiger partial charge in [-0.2, -0.15) is 0 Å². The molecule has 0 atom stereocenters. The van der Waals surface area contributed by atoms with Gasteiger partial charge >= 0.3 is 0 Å². The van der Waals surface area contributed by atoms with Crippen molar-refractivity contribution in [1.29, 1.82) is 0 Å². The number of aromatic nitrogens is 1. The van der Waals surface area contributed by atoms with E-state index in [2.05, 4.69) is 5.32 Å². The van der Waals surface area contributed by atoms with Gasteiger partial charge in [0, 0.05) is 25.4 Å². The van der Waals surface area contributed by atoms with E-state index in [1.165, 1.54) is 12.5 Å². The van der Waals surface area contributed by atoms with Crippen LogP contribution in [0.1, 0.15) is 45.4 Å². The van der Waals surface area contributed by atoms with E-state index < -0.39 is 5.41 Å². The summed E-state index contributed by atoms with van der Waals surface area (Å²) in [5.41, 5.74) is 6.07. The van der Waals surface area contributed by atoms with Crippen LogP contribution in [-0.4, -0.2) is 17.0 Å². The topological polar surface area (TPSA) is 77.1 Å². The third-order valence-electron chi connectivity index (χ3n) is 4.39. The van der Waals surface area contributed by atoms with E-state index in [0.717, 1.165) is 32.1 Å². The van der Waals surface area contributed by atoms with Crippen LogP contribution in [0.5, 0.6) is 0 Å². The molecule has 116 valence electrons. The van der Waals surface area contributed by atoms with Gasteiger partial charge in [0.05, 0.1) is 11.1 Å². The van der Waals surface area contributed by atoms with Crippen LogP contribution in [-0.2, 0) is 11.3 Å². The molecule has 2 rings (SSSR count). The molecule has 1 amide bonds. The Balaban J connectivity index is 2.15. The number of hydrogen-bond donors (Lipinski definition) is 2. The zero-order valence-electron chi connectivity index (χ0n) is 12.7. The Morgan fingerprint density at radius 2 is 2.05 bits per heavy atom. The SMILES string of the molecule is CCCn1cc(NC(=O)C2(CN)CCCCC2)ccc1=O. The monoisotopic (exact) mass is 291 g/mol. The Morgan fingerprint density at radius 3 is 2.67 bits per heavy atom. The second kappa shape index (κ2) is 6.89. The standard InChI is InChI=1S/C16H25N3O2/c1-2-10-19-11-13(6-7-14(19)20)18-15(21)16(12-17)8-4-3-5-9-16/h6-7,11H,2-5,8-10,12,17H2,1H3,(H,18,21). The first-order valence-electron chi connectivity index (χ1n) is 7.83. The zero-order valence-corrected chi connectivity index (χ0v) is 12.7. The highest BCUT2D eigenvalue weighted by Gasteiger charge is 2.38. The van der Waals surface area contributed by atoms with Crippen molar-refractivity contribution >= 4 is 11.6 Å². The van der Waals surface area contributed by atoms with E-state index in [-0.39, 0.29) is 11.5 Å². The van der Waals surface area contributed by atoms with Gasteiger partial charge in [0.15, 0.2) is 0 Å². The number of pyridine rings is 1. The number of aryl methyl sites for hydroxylation is 1. The molecule has 3 N–H and O–H groups in total. The van der Waals surface area contributed by atoms with Crippen LogP contribution in [0.15, 0.2) is 23.1 Å². The Morgan fingerprint density at radius 1 is 1.33 bits per heavy atom. The lowest BCUT2D eigenvalue weighted by Gasteiger charge is -2.34. The summed E-state index contributed by atoms with van der Waals surface area (Å²) in [7, 11) is 0. The predicted octanol–water partition coefficient (Wildman–Crippen LogP) is 2.11. The number of nitrogens with one attached hydrogen (secondary N) is 1. The van der Waals surface area contributed by atoms with Crippen LogP contribution in [0.3, 0.4) is 0 Å². The number of carbonyl (C=O) groups excluding carboxylic acids is 1. The van der Waals surface area contributed by atoms with Gasteiger partial charge in [0.1, 0.15) is 0 Å². The number of nitrogens with zero attached hydrogens (tertiary/aromatic N) is 1. The molecule has 0 spiro atoms. The summed E-state index contributed by atoms with van der Waals surface area (Å²) in [6.07, 6.45) is 7.59. The molecular weight excluding hydrogens is 266 g/mol. The van der Waals surface area contributed by atoms with E-state index in [9.17, 15) is 9.59 Å². The van der Waals surface area contributed by atoms with Gasteiger partial charge in [0.2, 0.25) is 5.91 Å². The van der Waals surface area contributed by atoms with Crippen molar-refractivity contribution in [2.45, 2.75) is 52.0 Å². The molecule has 5 nitrogen and oxygen atoms in total. The molecule has 0 unspecified atom stereocenters. The number of rotatable bonds is 5. The molecule has 1 aromatic rings. The minimum atomic E-state index is -0.441. The second-order valence-electron chi connectivity index (χ2n) is 5.95. The van der Waals surface area contributed by atoms with Crippen LogP contribution >= 0.6 is 0 Å². The fraction of sp³-hybridized carbons (Fsp3) is 0.625. The molecule has 0 aromatic carbocycles. The first-order valence-corrected chi connectivity index (χ1v) is 7.83. The lowest BCUT2D eigenvalue weighted by Crippen LogP contribution is -2.44. The fourth-order valence-corrected chi connectivity index (χ4v) is 3.04. The second-order valence-corrected chi connectivity index (χ2v) is 5.95. The van der Waals surface area contributed by atoms with Crippen LogP contribution in [0, 0.1) is 5.41 Å². The van der Waals surface area contributed by atoms with Gasteiger partial charge in [-0.1, -0.05) is 26.2 Å². The summed E-state index contributed by atoms with van der Waals surface area (Å²) in [4.78, 5) is 24.3. The Kier molecular flexibility index (Phi) is 5.17. The van der Waals surface area contributed by atoms with Crippen molar-refractivity contribution in [1.82, 2.24) is 4.57 Å². The molecule has 5 heteroatoms. The number of anilines is 1. The normalized spacial score (nSPS) is 17.4. The van der Waals surface area contributed by atoms with E-state index in [4.69, 9.17) is 5.73 Å². The number of nitrogens with two attached hydrogens (primary N) is 1. The van der Waals surface area contributed by atoms with E-state index in [0.29, 0.717) is 18.8 Å². The fourth-order valence-electron chi connectivity index (χ4n) is 3.04. The van der Waals surface area contributed by atoms with Gasteiger partial charge in [-0.15, -0.1) is 0 Å². The Hall–Kier alpha value is -1.62. The maximum atomic E-state index is 12.6. The van der Waals surface area contributed by atoms with Gasteiger partial charge in [-0.25, -0.2) is 0 Å². The van der Waals surface area contributed by atoms with Gasteiger partial charge in [0.25, 0.3) is 5.56 Å². The lowest BCUT2D eigenvalue weighted by molar-refractivity contribution is -0.126. The maximum absolute atomic E-state index is 12.6. The van der Waals surface area contributed by atoms with Crippen molar-refractivity contribution in [2.75, 3.05) is 11.9 Å². The van der Waals surface area contributed by atoms with E-state index in [1.54, 1.807) is 16.8 Å². The van der Waals surface area contributed by atoms with Crippen molar-refractivity contribution in [3.8, 4) is 0 Å². The maximum Gasteiger partial charge on any atom is 0.250 e. The molecule has 1 fully saturated rings. The molecule has 1 aliphatic rings. The molecule has 1 saturated carbocycles. The highest BCUT2D eigenvalue weighted by Crippen LogP contribution is 2.36. The minimum Gasteiger partial charge on any atom is -0.329 e. The van der Waals surface area contributed by atoms with Crippen LogP contribution < -0.4 is 16.6 Å². The molecule has 1 aromatic heterocycles. The molecule has 0 radical (unpaired) electrons. The summed E-state index contributed by atoms with van der Waals surface area (Å²) in [5, 5.41) is 2.95. The number of carbonyl (C=O) groups is 1. The summed E-state index contributed by atoms with van der Waals surface area (Å²) < 4.78 is 1.63. The molecule has 0 saturated heterocycles. The molecule has 1 aliphatic carbocycles. The average Bonchev–Trinajstić information content (AvgIpc) is 2.51. The molecule has 1 heterocycles. The quantitative estimate of drug-likeness (QED) is 0.872. The number of hydrogen-bond acceptors (Lipinski definition) is 3. The first-order chi connectivity index (χ1) is 10.1. The molecular formula is C16H25N3O2. The lowest BCUT2D eigenvalue weighted by atomic mass is 9.73. The first kappa shape index (κ1) is 15.8. The Labute approximate surface area is 125 Å². The third kappa shape index (κ3) is 3.53. The predicted molar refractivity (Wildman–Crippen MR) is 84.2 cm³/mol. The third-order valence-corrected chi connectivity index (χ3v) is 4.39. The molecule has 0 aliphatic heterocycles. The smallest absolute Gasteiger partial charge is 0.250 e. The summed E-state index contributed by atoms with van der Waals surface area (Å²) in [6, 6.07) is 3.17. The summed E-state index contributed by atoms with van der Waals surface area (Å²) in [6.45, 7) is 3.06. The Bertz CT molecular complexity index is 545.